The van der Waals surface area contributed by atoms with Crippen molar-refractivity contribution in [2.75, 3.05) is 6.61 Å². The maximum atomic E-state index is 12.8. The molecule has 0 aromatic carbocycles. The number of carboxylic acid groups (broad SMARTS) is 1. The fourth-order valence-electron chi connectivity index (χ4n) is 1.42. The Kier molecular flexibility index (Phi) is 5.18. The molecule has 0 aliphatic carbocycles. The standard InChI is InChI=1S/C11H18F2N2O3Si/c1-19(2,3)5-4-18-7-15-9(10(12)13)8(6-14-15)11(16)17/h6,10H,4-5,7H2,1-3H3,(H,16,17). The zero-order valence-corrected chi connectivity index (χ0v) is 12.2. The molecule has 0 atom stereocenters. The predicted octanol–water partition coefficient (Wildman–Crippen LogP) is 2.83. The molecule has 0 bridgehead atoms. The third kappa shape index (κ3) is 4.71. The maximum Gasteiger partial charge on any atom is 0.339 e. The van der Waals surface area contributed by atoms with Crippen molar-refractivity contribution in [1.82, 2.24) is 9.78 Å². The molecule has 0 aliphatic heterocycles. The average molecular weight is 292 g/mol. The number of nitrogens with zero attached hydrogens (tertiary/aromatic N) is 2. The molecular weight excluding hydrogens is 274 g/mol. The van der Waals surface area contributed by atoms with Crippen LogP contribution < -0.4 is 0 Å². The second-order valence-corrected chi connectivity index (χ2v) is 11.0. The molecule has 1 heterocycles. The Balaban J connectivity index is 2.66. The Morgan fingerprint density at radius 1 is 1.53 bits per heavy atom. The quantitative estimate of drug-likeness (QED) is 0.620. The monoisotopic (exact) mass is 292 g/mol. The van der Waals surface area contributed by atoms with E-state index in [1.807, 2.05) is 0 Å². The average Bonchev–Trinajstić information content (AvgIpc) is 2.66. The highest BCUT2D eigenvalue weighted by Gasteiger charge is 2.24. The Morgan fingerprint density at radius 3 is 2.63 bits per heavy atom. The lowest BCUT2D eigenvalue weighted by atomic mass is 10.2. The van der Waals surface area contributed by atoms with E-state index in [2.05, 4.69) is 24.7 Å². The summed E-state index contributed by atoms with van der Waals surface area (Å²) in [6, 6.07) is 0.907. The minimum atomic E-state index is -2.89. The third-order valence-corrected chi connectivity index (χ3v) is 4.23. The molecule has 0 saturated heterocycles. The van der Waals surface area contributed by atoms with E-state index in [4.69, 9.17) is 9.84 Å². The number of aromatic carboxylic acids is 1. The highest BCUT2D eigenvalue weighted by molar-refractivity contribution is 6.76. The second-order valence-electron chi connectivity index (χ2n) is 5.40. The van der Waals surface area contributed by atoms with Crippen LogP contribution in [0.4, 0.5) is 8.78 Å². The molecular formula is C11H18F2N2O3Si. The Morgan fingerprint density at radius 2 is 2.16 bits per heavy atom. The van der Waals surface area contributed by atoms with Gasteiger partial charge < -0.3 is 9.84 Å². The molecule has 19 heavy (non-hydrogen) atoms. The van der Waals surface area contributed by atoms with Crippen molar-refractivity contribution in [2.45, 2.75) is 38.8 Å². The fourth-order valence-corrected chi connectivity index (χ4v) is 2.18. The lowest BCUT2D eigenvalue weighted by molar-refractivity contribution is 0.0588. The van der Waals surface area contributed by atoms with Crippen molar-refractivity contribution in [1.29, 1.82) is 0 Å². The number of hydrogen-bond acceptors (Lipinski definition) is 3. The van der Waals surface area contributed by atoms with Crippen molar-refractivity contribution < 1.29 is 23.4 Å². The van der Waals surface area contributed by atoms with E-state index in [1.54, 1.807) is 0 Å². The van der Waals surface area contributed by atoms with Gasteiger partial charge >= 0.3 is 5.97 Å². The van der Waals surface area contributed by atoms with Crippen LogP contribution in [0, 0.1) is 0 Å². The fraction of sp³-hybridized carbons (Fsp3) is 0.636. The highest BCUT2D eigenvalue weighted by Crippen LogP contribution is 2.23. The number of aromatic nitrogens is 2. The van der Waals surface area contributed by atoms with E-state index in [1.165, 1.54) is 0 Å². The number of hydrogen-bond donors (Lipinski definition) is 1. The van der Waals surface area contributed by atoms with Gasteiger partial charge in [0.1, 0.15) is 18.0 Å². The second kappa shape index (κ2) is 6.24. The van der Waals surface area contributed by atoms with Gasteiger partial charge in [-0.15, -0.1) is 0 Å². The van der Waals surface area contributed by atoms with E-state index < -0.39 is 31.7 Å². The largest absolute Gasteiger partial charge is 0.478 e. The Hall–Kier alpha value is -1.28. The van der Waals surface area contributed by atoms with Gasteiger partial charge in [-0.3, -0.25) is 0 Å². The van der Waals surface area contributed by atoms with E-state index in [0.29, 0.717) is 6.61 Å². The van der Waals surface area contributed by atoms with Crippen LogP contribution in [0.3, 0.4) is 0 Å². The molecule has 0 aliphatic rings. The molecule has 0 spiro atoms. The van der Waals surface area contributed by atoms with Crippen LogP contribution in [0.2, 0.25) is 25.7 Å². The van der Waals surface area contributed by atoms with Gasteiger partial charge in [0.05, 0.1) is 6.20 Å². The normalized spacial score (nSPS) is 12.1. The molecule has 5 nitrogen and oxygen atoms in total. The highest BCUT2D eigenvalue weighted by atomic mass is 28.3. The van der Waals surface area contributed by atoms with E-state index in [9.17, 15) is 13.6 Å². The van der Waals surface area contributed by atoms with Crippen LogP contribution in [0.15, 0.2) is 6.20 Å². The summed E-state index contributed by atoms with van der Waals surface area (Å²) < 4.78 is 31.8. The van der Waals surface area contributed by atoms with Crippen LogP contribution in [-0.2, 0) is 11.5 Å². The van der Waals surface area contributed by atoms with Crippen molar-refractivity contribution in [3.8, 4) is 0 Å². The number of carboxylic acids is 1. The Bertz CT molecular complexity index is 444. The third-order valence-electron chi connectivity index (χ3n) is 2.53. The SMILES string of the molecule is C[Si](C)(C)CCOCn1ncc(C(=O)O)c1C(F)F. The molecule has 0 saturated carbocycles. The lowest BCUT2D eigenvalue weighted by Crippen LogP contribution is -2.22. The molecule has 0 fully saturated rings. The molecule has 1 rings (SSSR count). The first-order chi connectivity index (χ1) is 8.72. The smallest absolute Gasteiger partial charge is 0.339 e. The van der Waals surface area contributed by atoms with Gasteiger partial charge in [-0.25, -0.2) is 18.3 Å². The van der Waals surface area contributed by atoms with Crippen LogP contribution >= 0.6 is 0 Å². The zero-order chi connectivity index (χ0) is 14.6. The van der Waals surface area contributed by atoms with E-state index in [-0.39, 0.29) is 6.73 Å². The molecule has 108 valence electrons. The van der Waals surface area contributed by atoms with Gasteiger partial charge in [0, 0.05) is 14.7 Å². The summed E-state index contributed by atoms with van der Waals surface area (Å²) in [7, 11) is -1.24. The number of alkyl halides is 2. The number of carbonyl (C=O) groups is 1. The molecule has 0 unspecified atom stereocenters. The summed E-state index contributed by atoms with van der Waals surface area (Å²) in [5.41, 5.74) is -1.09. The summed E-state index contributed by atoms with van der Waals surface area (Å²) in [6.07, 6.45) is -1.97. The topological polar surface area (TPSA) is 64.4 Å². The van der Waals surface area contributed by atoms with Crippen LogP contribution in [-0.4, -0.2) is 35.5 Å². The summed E-state index contributed by atoms with van der Waals surface area (Å²) in [6.45, 7) is 6.84. The molecule has 1 aromatic rings. The number of halogens is 2. The molecule has 1 N–H and O–H groups in total. The van der Waals surface area contributed by atoms with Gasteiger partial charge in [0.25, 0.3) is 6.43 Å². The minimum Gasteiger partial charge on any atom is -0.478 e. The van der Waals surface area contributed by atoms with Gasteiger partial charge in [-0.2, -0.15) is 5.10 Å². The molecule has 0 amide bonds. The summed E-state index contributed by atoms with van der Waals surface area (Å²) in [4.78, 5) is 10.8. The molecule has 8 heteroatoms. The lowest BCUT2D eigenvalue weighted by Gasteiger charge is -2.15. The minimum absolute atomic E-state index is 0.155. The molecule has 1 aromatic heterocycles. The van der Waals surface area contributed by atoms with Crippen molar-refractivity contribution in [2.24, 2.45) is 0 Å². The number of ether oxygens (including phenoxy) is 1. The van der Waals surface area contributed by atoms with Crippen molar-refractivity contribution in [3.05, 3.63) is 17.5 Å². The van der Waals surface area contributed by atoms with Crippen molar-refractivity contribution in [3.63, 3.8) is 0 Å². The zero-order valence-electron chi connectivity index (χ0n) is 11.2. The van der Waals surface area contributed by atoms with Gasteiger partial charge in [-0.1, -0.05) is 19.6 Å². The van der Waals surface area contributed by atoms with Gasteiger partial charge in [0.15, 0.2) is 0 Å². The van der Waals surface area contributed by atoms with E-state index in [0.717, 1.165) is 16.9 Å². The van der Waals surface area contributed by atoms with Crippen LogP contribution in [0.5, 0.6) is 0 Å². The van der Waals surface area contributed by atoms with Crippen LogP contribution in [0.1, 0.15) is 22.5 Å². The number of rotatable bonds is 7. The predicted molar refractivity (Wildman–Crippen MR) is 68.2 cm³/mol. The first-order valence-corrected chi connectivity index (χ1v) is 9.58. The Labute approximate surface area is 111 Å². The van der Waals surface area contributed by atoms with Gasteiger partial charge in [0.2, 0.25) is 0 Å². The maximum absolute atomic E-state index is 12.8. The molecule has 0 radical (unpaired) electrons. The van der Waals surface area contributed by atoms with Crippen LogP contribution in [0.25, 0.3) is 0 Å². The first kappa shape index (κ1) is 15.8. The van der Waals surface area contributed by atoms with E-state index >= 15 is 0 Å². The summed E-state index contributed by atoms with van der Waals surface area (Å²) >= 11 is 0. The van der Waals surface area contributed by atoms with Crippen molar-refractivity contribution >= 4 is 14.0 Å². The summed E-state index contributed by atoms with van der Waals surface area (Å²) in [5, 5.41) is 12.4. The van der Waals surface area contributed by atoms with Gasteiger partial charge in [-0.05, 0) is 6.04 Å². The summed E-state index contributed by atoms with van der Waals surface area (Å²) in [5.74, 6) is -1.41. The first-order valence-electron chi connectivity index (χ1n) is 5.87.